The van der Waals surface area contributed by atoms with Crippen LogP contribution in [0.5, 0.6) is 0 Å². The molecular weight excluding hydrogens is 320 g/mol. The van der Waals surface area contributed by atoms with Crippen molar-refractivity contribution in [2.24, 2.45) is 5.92 Å². The number of nitrogens with zero attached hydrogens (tertiary/aromatic N) is 1. The lowest BCUT2D eigenvalue weighted by Gasteiger charge is -2.23. The minimum atomic E-state index is -0.512. The molecule has 1 atom stereocenters. The van der Waals surface area contributed by atoms with Gasteiger partial charge < -0.3 is 16.0 Å². The summed E-state index contributed by atoms with van der Waals surface area (Å²) in [5, 5.41) is 8.20. The molecule has 0 bridgehead atoms. The maximum atomic E-state index is 12.4. The van der Waals surface area contributed by atoms with Crippen LogP contribution in [0, 0.1) is 12.8 Å². The number of carbonyl (C=O) groups excluding carboxylic acids is 3. The van der Waals surface area contributed by atoms with Gasteiger partial charge in [0.2, 0.25) is 17.7 Å². The topological polar surface area (TPSA) is 100 Å². The van der Waals surface area contributed by atoms with Crippen molar-refractivity contribution >= 4 is 23.5 Å². The first-order valence-electron chi connectivity index (χ1n) is 8.74. The normalized spacial score (nSPS) is 15.4. The van der Waals surface area contributed by atoms with Crippen molar-refractivity contribution in [3.05, 3.63) is 23.9 Å². The monoisotopic (exact) mass is 346 g/mol. The average molecular weight is 346 g/mol. The van der Waals surface area contributed by atoms with Gasteiger partial charge in [0.05, 0.1) is 0 Å². The summed E-state index contributed by atoms with van der Waals surface area (Å²) >= 11 is 0. The summed E-state index contributed by atoms with van der Waals surface area (Å²) in [6.45, 7) is 3.48. The smallest absolute Gasteiger partial charge is 0.242 e. The van der Waals surface area contributed by atoms with Gasteiger partial charge in [-0.1, -0.05) is 18.9 Å². The number of nitrogens with one attached hydrogen (secondary N) is 3. The van der Waals surface area contributed by atoms with Crippen LogP contribution in [0.15, 0.2) is 18.2 Å². The van der Waals surface area contributed by atoms with E-state index in [4.69, 9.17) is 0 Å². The van der Waals surface area contributed by atoms with E-state index < -0.39 is 6.04 Å². The molecule has 7 heteroatoms. The van der Waals surface area contributed by atoms with Crippen LogP contribution in [0.4, 0.5) is 5.82 Å². The Hall–Kier alpha value is -2.44. The summed E-state index contributed by atoms with van der Waals surface area (Å²) in [6.07, 6.45) is 4.20. The van der Waals surface area contributed by atoms with Gasteiger partial charge in [0, 0.05) is 25.6 Å². The number of hydrogen-bond acceptors (Lipinski definition) is 4. The minimum Gasteiger partial charge on any atom is -0.354 e. The molecule has 0 aliphatic heterocycles. The Bertz CT molecular complexity index is 627. The molecule has 1 heterocycles. The molecule has 136 valence electrons. The van der Waals surface area contributed by atoms with Crippen LogP contribution in [-0.4, -0.2) is 35.3 Å². The van der Waals surface area contributed by atoms with E-state index in [1.165, 1.54) is 6.92 Å². The number of anilines is 1. The number of aromatic nitrogens is 1. The molecule has 3 N–H and O–H groups in total. The lowest BCUT2D eigenvalue weighted by Crippen LogP contribution is -2.50. The summed E-state index contributed by atoms with van der Waals surface area (Å²) in [6, 6.07) is 4.87. The second-order valence-electron chi connectivity index (χ2n) is 6.48. The van der Waals surface area contributed by atoms with Gasteiger partial charge in [-0.3, -0.25) is 14.4 Å². The average Bonchev–Trinajstić information content (AvgIpc) is 3.06. The Morgan fingerprint density at radius 2 is 1.96 bits per heavy atom. The highest BCUT2D eigenvalue weighted by Crippen LogP contribution is 2.27. The molecule has 0 spiro atoms. The maximum Gasteiger partial charge on any atom is 0.242 e. The van der Waals surface area contributed by atoms with Crippen molar-refractivity contribution in [2.45, 2.75) is 52.0 Å². The van der Waals surface area contributed by atoms with Gasteiger partial charge in [-0.15, -0.1) is 0 Å². The molecule has 0 radical (unpaired) electrons. The Kier molecular flexibility index (Phi) is 6.91. The van der Waals surface area contributed by atoms with Crippen molar-refractivity contribution in [1.82, 2.24) is 15.6 Å². The maximum absolute atomic E-state index is 12.4. The highest BCUT2D eigenvalue weighted by atomic mass is 16.2. The van der Waals surface area contributed by atoms with Gasteiger partial charge in [-0.05, 0) is 37.8 Å². The van der Waals surface area contributed by atoms with Crippen LogP contribution in [0.25, 0.3) is 0 Å². The fourth-order valence-corrected chi connectivity index (χ4v) is 3.13. The van der Waals surface area contributed by atoms with Gasteiger partial charge in [0.1, 0.15) is 11.9 Å². The number of hydrogen-bond donors (Lipinski definition) is 3. The molecule has 7 nitrogen and oxygen atoms in total. The fraction of sp³-hybridized carbons (Fsp3) is 0.556. The first-order valence-corrected chi connectivity index (χ1v) is 8.74. The van der Waals surface area contributed by atoms with Gasteiger partial charge in [0.25, 0.3) is 0 Å². The van der Waals surface area contributed by atoms with Crippen LogP contribution in [0.1, 0.15) is 44.7 Å². The van der Waals surface area contributed by atoms with Crippen LogP contribution in [0.2, 0.25) is 0 Å². The molecule has 1 saturated carbocycles. The molecule has 1 aromatic heterocycles. The molecule has 1 fully saturated rings. The first-order chi connectivity index (χ1) is 12.0. The highest BCUT2D eigenvalue weighted by molar-refractivity contribution is 5.91. The molecule has 1 unspecified atom stereocenters. The standard InChI is InChI=1S/C18H26N4O3/c1-12-6-5-9-15(20-12)22-16(24)10-11-19-18(25)17(21-13(2)23)14-7-3-4-8-14/h5-6,9,14,17H,3-4,7-8,10-11H2,1-2H3,(H,19,25)(H,21,23)(H,20,22,24). The Labute approximate surface area is 148 Å². The molecule has 1 aromatic rings. The van der Waals surface area contributed by atoms with Crippen LogP contribution >= 0.6 is 0 Å². The Morgan fingerprint density at radius 3 is 2.60 bits per heavy atom. The second kappa shape index (κ2) is 9.15. The lowest BCUT2D eigenvalue weighted by molar-refractivity contribution is -0.129. The Morgan fingerprint density at radius 1 is 1.24 bits per heavy atom. The van der Waals surface area contributed by atoms with Gasteiger partial charge in [-0.2, -0.15) is 0 Å². The third-order valence-corrected chi connectivity index (χ3v) is 4.32. The molecule has 0 aromatic carbocycles. The quantitative estimate of drug-likeness (QED) is 0.697. The number of aryl methyl sites for hydroxylation is 1. The molecule has 0 saturated heterocycles. The van der Waals surface area contributed by atoms with Crippen LogP contribution < -0.4 is 16.0 Å². The van der Waals surface area contributed by atoms with E-state index in [2.05, 4.69) is 20.9 Å². The summed E-state index contributed by atoms with van der Waals surface area (Å²) in [7, 11) is 0. The zero-order valence-corrected chi connectivity index (χ0v) is 14.8. The highest BCUT2D eigenvalue weighted by Gasteiger charge is 2.31. The van der Waals surface area contributed by atoms with Crippen LogP contribution in [0.3, 0.4) is 0 Å². The van der Waals surface area contributed by atoms with Gasteiger partial charge in [-0.25, -0.2) is 4.98 Å². The molecule has 3 amide bonds. The molecule has 25 heavy (non-hydrogen) atoms. The van der Waals surface area contributed by atoms with E-state index >= 15 is 0 Å². The predicted molar refractivity (Wildman–Crippen MR) is 94.8 cm³/mol. The molecule has 1 aliphatic carbocycles. The zero-order chi connectivity index (χ0) is 18.2. The minimum absolute atomic E-state index is 0.152. The van der Waals surface area contributed by atoms with Gasteiger partial charge >= 0.3 is 0 Å². The summed E-state index contributed by atoms with van der Waals surface area (Å²) in [5.41, 5.74) is 0.820. The molecular formula is C18H26N4O3. The fourth-order valence-electron chi connectivity index (χ4n) is 3.13. The largest absolute Gasteiger partial charge is 0.354 e. The molecule has 2 rings (SSSR count). The lowest BCUT2D eigenvalue weighted by atomic mass is 9.97. The SMILES string of the molecule is CC(=O)NC(C(=O)NCCC(=O)Nc1cccc(C)n1)C1CCCC1. The van der Waals surface area contributed by atoms with E-state index in [-0.39, 0.29) is 36.6 Å². The van der Waals surface area contributed by atoms with E-state index in [0.717, 1.165) is 31.4 Å². The third kappa shape index (κ3) is 6.17. The van der Waals surface area contributed by atoms with E-state index in [0.29, 0.717) is 5.82 Å². The van der Waals surface area contributed by atoms with E-state index in [9.17, 15) is 14.4 Å². The van der Waals surface area contributed by atoms with E-state index in [1.807, 2.05) is 19.1 Å². The molecule has 1 aliphatic rings. The van der Waals surface area contributed by atoms with Crippen molar-refractivity contribution in [2.75, 3.05) is 11.9 Å². The van der Waals surface area contributed by atoms with Crippen LogP contribution in [-0.2, 0) is 14.4 Å². The number of rotatable bonds is 7. The van der Waals surface area contributed by atoms with Crippen molar-refractivity contribution in [3.8, 4) is 0 Å². The van der Waals surface area contributed by atoms with E-state index in [1.54, 1.807) is 6.07 Å². The number of pyridine rings is 1. The number of carbonyl (C=O) groups is 3. The van der Waals surface area contributed by atoms with Crippen molar-refractivity contribution < 1.29 is 14.4 Å². The number of amides is 3. The first kappa shape index (κ1) is 18.9. The third-order valence-electron chi connectivity index (χ3n) is 4.32. The van der Waals surface area contributed by atoms with Crippen molar-refractivity contribution in [1.29, 1.82) is 0 Å². The van der Waals surface area contributed by atoms with Gasteiger partial charge in [0.15, 0.2) is 0 Å². The summed E-state index contributed by atoms with van der Waals surface area (Å²) in [4.78, 5) is 39.9. The van der Waals surface area contributed by atoms with Crippen molar-refractivity contribution in [3.63, 3.8) is 0 Å². The summed E-state index contributed by atoms with van der Waals surface area (Å²) in [5.74, 6) is 0.0295. The predicted octanol–water partition coefficient (Wildman–Crippen LogP) is 1.53. The summed E-state index contributed by atoms with van der Waals surface area (Å²) < 4.78 is 0. The Balaban J connectivity index is 1.79. The second-order valence-corrected chi connectivity index (χ2v) is 6.48. The zero-order valence-electron chi connectivity index (χ0n) is 14.8.